The third-order valence-corrected chi connectivity index (χ3v) is 3.85. The summed E-state index contributed by atoms with van der Waals surface area (Å²) >= 11 is 0. The minimum atomic E-state index is 0.683. The van der Waals surface area contributed by atoms with E-state index in [1.54, 1.807) is 0 Å². The van der Waals surface area contributed by atoms with Gasteiger partial charge in [0.2, 0.25) is 0 Å². The summed E-state index contributed by atoms with van der Waals surface area (Å²) in [7, 11) is 0. The predicted octanol–water partition coefficient (Wildman–Crippen LogP) is 3.65. The number of aromatic nitrogens is 2. The molecule has 0 bridgehead atoms. The second-order valence-corrected chi connectivity index (χ2v) is 5.60. The maximum Gasteiger partial charge on any atom is 0.0991 e. The molecular weight excluding hydrogens is 260 g/mol. The first-order valence-electron chi connectivity index (χ1n) is 7.60. The van der Waals surface area contributed by atoms with E-state index in [9.17, 15) is 0 Å². The number of rotatable bonds is 6. The fourth-order valence-electron chi connectivity index (χ4n) is 2.60. The lowest BCUT2D eigenvalue weighted by Gasteiger charge is -2.10. The van der Waals surface area contributed by atoms with E-state index in [1.807, 2.05) is 30.5 Å². The highest BCUT2D eigenvalue weighted by molar-refractivity contribution is 5.50. The van der Waals surface area contributed by atoms with Crippen LogP contribution in [0.1, 0.15) is 48.9 Å². The molecule has 0 unspecified atom stereocenters. The quantitative estimate of drug-likeness (QED) is 0.878. The van der Waals surface area contributed by atoms with Crippen molar-refractivity contribution in [2.45, 2.75) is 45.2 Å². The topological polar surface area (TPSA) is 53.6 Å². The second kappa shape index (κ2) is 6.01. The molecule has 108 valence electrons. The van der Waals surface area contributed by atoms with Gasteiger partial charge in [-0.25, -0.2) is 0 Å². The maximum atomic E-state index is 8.82. The summed E-state index contributed by atoms with van der Waals surface area (Å²) in [6.07, 6.45) is 5.62. The van der Waals surface area contributed by atoms with Gasteiger partial charge >= 0.3 is 0 Å². The molecule has 1 aromatic carbocycles. The summed E-state index contributed by atoms with van der Waals surface area (Å²) < 4.78 is 2.15. The number of hydrogen-bond donors (Lipinski definition) is 1. The van der Waals surface area contributed by atoms with E-state index in [2.05, 4.69) is 28.1 Å². The molecule has 3 rings (SSSR count). The molecule has 4 nitrogen and oxygen atoms in total. The Morgan fingerprint density at radius 1 is 1.33 bits per heavy atom. The van der Waals surface area contributed by atoms with Crippen LogP contribution in [0, 0.1) is 11.3 Å². The van der Waals surface area contributed by atoms with Crippen molar-refractivity contribution in [1.29, 1.82) is 5.26 Å². The van der Waals surface area contributed by atoms with Crippen molar-refractivity contribution in [3.8, 4) is 6.07 Å². The van der Waals surface area contributed by atoms with Gasteiger partial charge < -0.3 is 5.32 Å². The van der Waals surface area contributed by atoms with Crippen LogP contribution in [0.4, 0.5) is 5.69 Å². The molecule has 0 amide bonds. The summed E-state index contributed by atoms with van der Waals surface area (Å²) in [6, 6.07) is 9.86. The van der Waals surface area contributed by atoms with Crippen LogP contribution in [0.15, 0.2) is 30.5 Å². The van der Waals surface area contributed by atoms with Gasteiger partial charge in [0.1, 0.15) is 0 Å². The Bertz CT molecular complexity index is 644. The van der Waals surface area contributed by atoms with Crippen LogP contribution in [-0.2, 0) is 13.1 Å². The Kier molecular flexibility index (Phi) is 3.92. The van der Waals surface area contributed by atoms with Crippen LogP contribution in [0.25, 0.3) is 0 Å². The molecule has 1 N–H and O–H groups in total. The van der Waals surface area contributed by atoms with Gasteiger partial charge in [-0.2, -0.15) is 10.4 Å². The largest absolute Gasteiger partial charge is 0.378 e. The number of benzene rings is 1. The third-order valence-electron chi connectivity index (χ3n) is 3.85. The minimum absolute atomic E-state index is 0.683. The fourth-order valence-corrected chi connectivity index (χ4v) is 2.60. The van der Waals surface area contributed by atoms with Crippen LogP contribution in [0.2, 0.25) is 0 Å². The van der Waals surface area contributed by atoms with Gasteiger partial charge in [-0.15, -0.1) is 0 Å². The van der Waals surface area contributed by atoms with Crippen LogP contribution in [0.5, 0.6) is 0 Å². The molecule has 1 aliphatic carbocycles. The SMILES string of the molecule is CCCn1ncc(NCc2ccc(C#N)cc2)c1C1CC1. The first-order valence-corrected chi connectivity index (χ1v) is 7.60. The van der Waals surface area contributed by atoms with Gasteiger partial charge in [-0.3, -0.25) is 4.68 Å². The summed E-state index contributed by atoms with van der Waals surface area (Å²) in [4.78, 5) is 0. The van der Waals surface area contributed by atoms with E-state index < -0.39 is 0 Å². The van der Waals surface area contributed by atoms with Gasteiger partial charge in [0, 0.05) is 19.0 Å². The lowest BCUT2D eigenvalue weighted by Crippen LogP contribution is -2.06. The van der Waals surface area contributed by atoms with Crippen molar-refractivity contribution >= 4 is 5.69 Å². The molecule has 0 spiro atoms. The summed E-state index contributed by atoms with van der Waals surface area (Å²) in [6.45, 7) is 3.94. The second-order valence-electron chi connectivity index (χ2n) is 5.60. The van der Waals surface area contributed by atoms with E-state index in [0.29, 0.717) is 11.5 Å². The predicted molar refractivity (Wildman–Crippen MR) is 83.0 cm³/mol. The minimum Gasteiger partial charge on any atom is -0.378 e. The number of nitriles is 1. The zero-order chi connectivity index (χ0) is 14.7. The Hall–Kier alpha value is -2.28. The Labute approximate surface area is 125 Å². The average Bonchev–Trinajstić information content (AvgIpc) is 3.28. The smallest absolute Gasteiger partial charge is 0.0991 e. The number of anilines is 1. The first kappa shape index (κ1) is 13.7. The van der Waals surface area contributed by atoms with Gasteiger partial charge in [0.05, 0.1) is 29.2 Å². The average molecular weight is 280 g/mol. The van der Waals surface area contributed by atoms with Crippen LogP contribution in [0.3, 0.4) is 0 Å². The lowest BCUT2D eigenvalue weighted by atomic mass is 10.1. The highest BCUT2D eigenvalue weighted by Crippen LogP contribution is 2.43. The van der Waals surface area contributed by atoms with Crippen LogP contribution >= 0.6 is 0 Å². The van der Waals surface area contributed by atoms with Crippen molar-refractivity contribution in [2.75, 3.05) is 5.32 Å². The molecule has 2 aromatic rings. The summed E-state index contributed by atoms with van der Waals surface area (Å²) in [5, 5.41) is 16.8. The van der Waals surface area contributed by atoms with E-state index >= 15 is 0 Å². The standard InChI is InChI=1S/C17H20N4/c1-2-9-21-17(15-7-8-15)16(12-20-21)19-11-14-5-3-13(10-18)4-6-14/h3-6,12,15,19H,2,7-9,11H2,1H3. The van der Waals surface area contributed by atoms with Crippen molar-refractivity contribution in [3.63, 3.8) is 0 Å². The van der Waals surface area contributed by atoms with Crippen molar-refractivity contribution in [3.05, 3.63) is 47.3 Å². The van der Waals surface area contributed by atoms with E-state index in [-0.39, 0.29) is 0 Å². The third kappa shape index (κ3) is 3.08. The molecule has 1 aliphatic rings. The number of nitrogens with one attached hydrogen (secondary N) is 1. The molecule has 4 heteroatoms. The lowest BCUT2D eigenvalue weighted by molar-refractivity contribution is 0.575. The summed E-state index contributed by atoms with van der Waals surface area (Å²) in [5.41, 5.74) is 4.41. The highest BCUT2D eigenvalue weighted by atomic mass is 15.3. The molecule has 1 saturated carbocycles. The van der Waals surface area contributed by atoms with Crippen LogP contribution < -0.4 is 5.32 Å². The number of aryl methyl sites for hydroxylation is 1. The van der Waals surface area contributed by atoms with E-state index in [0.717, 1.165) is 25.2 Å². The molecule has 0 saturated heterocycles. The Balaban J connectivity index is 1.71. The van der Waals surface area contributed by atoms with Gasteiger partial charge in [-0.05, 0) is 37.0 Å². The normalized spacial score (nSPS) is 13.9. The monoisotopic (exact) mass is 280 g/mol. The van der Waals surface area contributed by atoms with Gasteiger partial charge in [0.25, 0.3) is 0 Å². The zero-order valence-electron chi connectivity index (χ0n) is 12.3. The summed E-state index contributed by atoms with van der Waals surface area (Å²) in [5.74, 6) is 0.683. The van der Waals surface area contributed by atoms with E-state index in [4.69, 9.17) is 5.26 Å². The molecule has 1 fully saturated rings. The van der Waals surface area contributed by atoms with Gasteiger partial charge in [0.15, 0.2) is 0 Å². The molecule has 0 atom stereocenters. The fraction of sp³-hybridized carbons (Fsp3) is 0.412. The highest BCUT2D eigenvalue weighted by Gasteiger charge is 2.30. The first-order chi connectivity index (χ1) is 10.3. The van der Waals surface area contributed by atoms with Crippen molar-refractivity contribution in [1.82, 2.24) is 9.78 Å². The van der Waals surface area contributed by atoms with E-state index in [1.165, 1.54) is 24.1 Å². The Morgan fingerprint density at radius 3 is 2.71 bits per heavy atom. The molecular formula is C17H20N4. The molecule has 1 aromatic heterocycles. The molecule has 0 radical (unpaired) electrons. The van der Waals surface area contributed by atoms with Crippen LogP contribution in [-0.4, -0.2) is 9.78 Å². The maximum absolute atomic E-state index is 8.82. The number of nitrogens with zero attached hydrogens (tertiary/aromatic N) is 3. The van der Waals surface area contributed by atoms with Crippen molar-refractivity contribution < 1.29 is 0 Å². The molecule has 1 heterocycles. The van der Waals surface area contributed by atoms with Gasteiger partial charge in [-0.1, -0.05) is 19.1 Å². The number of hydrogen-bond acceptors (Lipinski definition) is 3. The Morgan fingerprint density at radius 2 is 2.10 bits per heavy atom. The molecule has 0 aliphatic heterocycles. The molecule has 21 heavy (non-hydrogen) atoms. The zero-order valence-corrected chi connectivity index (χ0v) is 12.3. The van der Waals surface area contributed by atoms with Crippen molar-refractivity contribution in [2.24, 2.45) is 0 Å².